The molecule has 0 aliphatic carbocycles. The van der Waals surface area contributed by atoms with Crippen molar-refractivity contribution in [3.05, 3.63) is 11.6 Å². The van der Waals surface area contributed by atoms with Crippen LogP contribution in [0.3, 0.4) is 0 Å². The van der Waals surface area contributed by atoms with Crippen LogP contribution in [-0.4, -0.2) is 19.5 Å². The topological polar surface area (TPSA) is 26.3 Å². The van der Waals surface area contributed by atoms with Crippen LogP contribution in [0.5, 0.6) is 0 Å². The molecule has 0 radical (unpaired) electrons. The van der Waals surface area contributed by atoms with Crippen molar-refractivity contribution < 1.29 is 9.53 Å². The van der Waals surface area contributed by atoms with Crippen LogP contribution in [0.25, 0.3) is 0 Å². The predicted octanol–water partition coefficient (Wildman–Crippen LogP) is 2.58. The lowest BCUT2D eigenvalue weighted by Gasteiger charge is -2.21. The minimum Gasteiger partial charge on any atom is -0.381 e. The van der Waals surface area contributed by atoms with Gasteiger partial charge in [0, 0.05) is 7.11 Å². The van der Waals surface area contributed by atoms with Crippen molar-refractivity contribution in [1.82, 2.24) is 0 Å². The van der Waals surface area contributed by atoms with Gasteiger partial charge >= 0.3 is 0 Å². The maximum atomic E-state index is 10.2. The minimum atomic E-state index is 0.237. The molecule has 0 aliphatic rings. The quantitative estimate of drug-likeness (QED) is 0.468. The highest BCUT2D eigenvalue weighted by molar-refractivity contribution is 5.65. The highest BCUT2D eigenvalue weighted by Gasteiger charge is 2.14. The summed E-state index contributed by atoms with van der Waals surface area (Å²) in [5.41, 5.74) is 1.09. The number of allylic oxidation sites excluding steroid dienone is 1. The van der Waals surface area contributed by atoms with E-state index in [4.69, 9.17) is 4.74 Å². The standard InChI is InChI=1S/C11H20O2/c1-5-10(3)11(13-4)8-9(2)6-7-12/h6-7,10-11H,5,8H2,1-4H3/b9-6+. The van der Waals surface area contributed by atoms with E-state index in [0.717, 1.165) is 24.7 Å². The summed E-state index contributed by atoms with van der Waals surface area (Å²) in [6.07, 6.45) is 4.63. The smallest absolute Gasteiger partial charge is 0.142 e. The van der Waals surface area contributed by atoms with Gasteiger partial charge in [-0.05, 0) is 25.3 Å². The van der Waals surface area contributed by atoms with E-state index in [2.05, 4.69) is 13.8 Å². The summed E-state index contributed by atoms with van der Waals surface area (Å²) in [6.45, 7) is 6.28. The molecular formula is C11H20O2. The maximum absolute atomic E-state index is 10.2. The zero-order valence-corrected chi connectivity index (χ0v) is 9.04. The minimum absolute atomic E-state index is 0.237. The first-order chi connectivity index (χ1) is 6.15. The highest BCUT2D eigenvalue weighted by Crippen LogP contribution is 2.17. The molecule has 0 aromatic heterocycles. The molecule has 2 nitrogen and oxygen atoms in total. The van der Waals surface area contributed by atoms with Crippen molar-refractivity contribution in [3.8, 4) is 0 Å². The Morgan fingerprint density at radius 2 is 2.15 bits per heavy atom. The lowest BCUT2D eigenvalue weighted by Crippen LogP contribution is -2.20. The highest BCUT2D eigenvalue weighted by atomic mass is 16.5. The lowest BCUT2D eigenvalue weighted by molar-refractivity contribution is -0.104. The van der Waals surface area contributed by atoms with E-state index >= 15 is 0 Å². The first kappa shape index (κ1) is 12.4. The number of ether oxygens (including phenoxy) is 1. The molecule has 2 heteroatoms. The Morgan fingerprint density at radius 1 is 1.54 bits per heavy atom. The molecule has 0 rings (SSSR count). The molecule has 0 saturated heterocycles. The fourth-order valence-corrected chi connectivity index (χ4v) is 1.28. The van der Waals surface area contributed by atoms with E-state index in [1.54, 1.807) is 13.2 Å². The van der Waals surface area contributed by atoms with Crippen LogP contribution < -0.4 is 0 Å². The molecule has 0 amide bonds. The van der Waals surface area contributed by atoms with E-state index in [1.165, 1.54) is 0 Å². The van der Waals surface area contributed by atoms with E-state index in [9.17, 15) is 4.79 Å². The third kappa shape index (κ3) is 4.83. The Morgan fingerprint density at radius 3 is 2.54 bits per heavy atom. The Hall–Kier alpha value is -0.630. The number of carbonyl (C=O) groups excluding carboxylic acids is 1. The number of carbonyl (C=O) groups is 1. The second-order valence-electron chi connectivity index (χ2n) is 3.51. The van der Waals surface area contributed by atoms with Gasteiger partial charge < -0.3 is 4.74 Å². The number of hydrogen-bond acceptors (Lipinski definition) is 2. The monoisotopic (exact) mass is 184 g/mol. The second-order valence-corrected chi connectivity index (χ2v) is 3.51. The van der Waals surface area contributed by atoms with Gasteiger partial charge in [-0.25, -0.2) is 0 Å². The van der Waals surface area contributed by atoms with Crippen molar-refractivity contribution in [3.63, 3.8) is 0 Å². The van der Waals surface area contributed by atoms with E-state index < -0.39 is 0 Å². The molecule has 0 aromatic rings. The van der Waals surface area contributed by atoms with Crippen LogP contribution in [0, 0.1) is 5.92 Å². The zero-order valence-electron chi connectivity index (χ0n) is 9.04. The molecule has 0 aliphatic heterocycles. The Kier molecular flexibility index (Phi) is 6.51. The van der Waals surface area contributed by atoms with Crippen molar-refractivity contribution in [1.29, 1.82) is 0 Å². The van der Waals surface area contributed by atoms with Gasteiger partial charge in [0.05, 0.1) is 6.10 Å². The van der Waals surface area contributed by atoms with E-state index in [1.807, 2.05) is 6.92 Å². The molecule has 0 fully saturated rings. The van der Waals surface area contributed by atoms with Crippen molar-refractivity contribution in [2.75, 3.05) is 7.11 Å². The summed E-state index contributed by atoms with van der Waals surface area (Å²) in [6, 6.07) is 0. The number of rotatable bonds is 6. The molecular weight excluding hydrogens is 164 g/mol. The molecule has 2 atom stereocenters. The molecule has 13 heavy (non-hydrogen) atoms. The van der Waals surface area contributed by atoms with Gasteiger partial charge in [-0.15, -0.1) is 0 Å². The van der Waals surface area contributed by atoms with Crippen LogP contribution in [0.4, 0.5) is 0 Å². The van der Waals surface area contributed by atoms with Crippen molar-refractivity contribution in [2.45, 2.75) is 39.7 Å². The van der Waals surface area contributed by atoms with Gasteiger partial charge in [-0.2, -0.15) is 0 Å². The van der Waals surface area contributed by atoms with Gasteiger partial charge in [0.1, 0.15) is 6.29 Å². The Balaban J connectivity index is 4.11. The molecule has 0 spiro atoms. The first-order valence-corrected chi connectivity index (χ1v) is 4.79. The van der Waals surface area contributed by atoms with Crippen LogP contribution in [0.15, 0.2) is 11.6 Å². The van der Waals surface area contributed by atoms with Gasteiger partial charge in [-0.1, -0.05) is 25.8 Å². The summed E-state index contributed by atoms with van der Waals surface area (Å²) in [5.74, 6) is 0.542. The maximum Gasteiger partial charge on any atom is 0.142 e. The molecule has 0 heterocycles. The third-order valence-electron chi connectivity index (χ3n) is 2.46. The van der Waals surface area contributed by atoms with Crippen LogP contribution >= 0.6 is 0 Å². The normalized spacial score (nSPS) is 16.8. The third-order valence-corrected chi connectivity index (χ3v) is 2.46. The summed E-state index contributed by atoms with van der Waals surface area (Å²) < 4.78 is 5.36. The number of methoxy groups -OCH3 is 1. The van der Waals surface area contributed by atoms with Gasteiger partial charge in [0.2, 0.25) is 0 Å². The molecule has 0 N–H and O–H groups in total. The van der Waals surface area contributed by atoms with Gasteiger partial charge in [-0.3, -0.25) is 4.79 Å². The molecule has 0 saturated carbocycles. The van der Waals surface area contributed by atoms with E-state index in [-0.39, 0.29) is 6.10 Å². The molecule has 2 unspecified atom stereocenters. The molecule has 76 valence electrons. The average Bonchev–Trinajstić information content (AvgIpc) is 2.13. The fourth-order valence-electron chi connectivity index (χ4n) is 1.28. The van der Waals surface area contributed by atoms with Crippen LogP contribution in [0.2, 0.25) is 0 Å². The molecule has 0 bridgehead atoms. The van der Waals surface area contributed by atoms with Crippen LogP contribution in [0.1, 0.15) is 33.6 Å². The Bertz CT molecular complexity index is 173. The van der Waals surface area contributed by atoms with Crippen molar-refractivity contribution in [2.24, 2.45) is 5.92 Å². The lowest BCUT2D eigenvalue weighted by atomic mass is 9.96. The number of aldehydes is 1. The summed E-state index contributed by atoms with van der Waals surface area (Å²) in [7, 11) is 1.73. The second kappa shape index (κ2) is 6.84. The largest absolute Gasteiger partial charge is 0.381 e. The van der Waals surface area contributed by atoms with Gasteiger partial charge in [0.25, 0.3) is 0 Å². The van der Waals surface area contributed by atoms with Crippen molar-refractivity contribution >= 4 is 6.29 Å². The Labute approximate surface area is 81.0 Å². The predicted molar refractivity (Wildman–Crippen MR) is 54.7 cm³/mol. The van der Waals surface area contributed by atoms with Crippen LogP contribution in [-0.2, 0) is 9.53 Å². The average molecular weight is 184 g/mol. The first-order valence-electron chi connectivity index (χ1n) is 4.79. The summed E-state index contributed by atoms with van der Waals surface area (Å²) in [4.78, 5) is 10.2. The van der Waals surface area contributed by atoms with E-state index in [0.29, 0.717) is 5.92 Å². The fraction of sp³-hybridized carbons (Fsp3) is 0.727. The summed E-state index contributed by atoms with van der Waals surface area (Å²) >= 11 is 0. The summed E-state index contributed by atoms with van der Waals surface area (Å²) in [5, 5.41) is 0. The zero-order chi connectivity index (χ0) is 10.3. The SMILES string of the molecule is CCC(C)C(C/C(C)=C/C=O)OC. The van der Waals surface area contributed by atoms with Gasteiger partial charge in [0.15, 0.2) is 0 Å². The molecule has 0 aromatic carbocycles. The number of hydrogen-bond donors (Lipinski definition) is 0.